The highest BCUT2D eigenvalue weighted by atomic mass is 35.5. The molecule has 0 aromatic heterocycles. The minimum absolute atomic E-state index is 0.105. The largest absolute Gasteiger partial charge is 0.506 e. The van der Waals surface area contributed by atoms with Gasteiger partial charge in [-0.3, -0.25) is 0 Å². The van der Waals surface area contributed by atoms with Crippen molar-refractivity contribution >= 4 is 11.6 Å². The quantitative estimate of drug-likeness (QED) is 0.778. The molecule has 3 N–H and O–H groups in total. The van der Waals surface area contributed by atoms with Crippen molar-refractivity contribution in [2.24, 2.45) is 0 Å². The van der Waals surface area contributed by atoms with Crippen LogP contribution in [0.4, 0.5) is 0 Å². The molecule has 0 radical (unpaired) electrons. The van der Waals surface area contributed by atoms with E-state index < -0.39 is 0 Å². The highest BCUT2D eigenvalue weighted by Crippen LogP contribution is 2.24. The first-order chi connectivity index (χ1) is 8.16. The topological polar surface area (TPSA) is 52.5 Å². The van der Waals surface area contributed by atoms with Crippen LogP contribution in [0.5, 0.6) is 5.75 Å². The predicted octanol–water partition coefficient (Wildman–Crippen LogP) is 2.44. The molecule has 1 aliphatic carbocycles. The summed E-state index contributed by atoms with van der Waals surface area (Å²) < 4.78 is 0. The summed E-state index contributed by atoms with van der Waals surface area (Å²) in [4.78, 5) is 0. The van der Waals surface area contributed by atoms with E-state index in [1.807, 2.05) is 6.07 Å². The van der Waals surface area contributed by atoms with Crippen LogP contribution in [0.15, 0.2) is 18.2 Å². The first-order valence-electron chi connectivity index (χ1n) is 6.05. The van der Waals surface area contributed by atoms with Crippen molar-refractivity contribution in [3.05, 3.63) is 28.8 Å². The van der Waals surface area contributed by atoms with Gasteiger partial charge in [-0.2, -0.15) is 0 Å². The van der Waals surface area contributed by atoms with Gasteiger partial charge in [0, 0.05) is 12.6 Å². The summed E-state index contributed by atoms with van der Waals surface area (Å²) >= 11 is 5.84. The SMILES string of the molecule is Oc1ccc(CNC2CCCCC2O)cc1Cl. The van der Waals surface area contributed by atoms with Crippen LogP contribution < -0.4 is 5.32 Å². The molecule has 1 saturated carbocycles. The third kappa shape index (κ3) is 3.35. The number of nitrogens with one attached hydrogen (secondary N) is 1. The molecule has 0 saturated heterocycles. The second-order valence-corrected chi connectivity index (χ2v) is 5.03. The van der Waals surface area contributed by atoms with Crippen molar-refractivity contribution in [2.45, 2.75) is 44.4 Å². The van der Waals surface area contributed by atoms with Crippen LogP contribution in [0.3, 0.4) is 0 Å². The van der Waals surface area contributed by atoms with E-state index in [0.29, 0.717) is 11.6 Å². The number of hydrogen-bond donors (Lipinski definition) is 3. The lowest BCUT2D eigenvalue weighted by atomic mass is 9.92. The average Bonchev–Trinajstić information content (AvgIpc) is 2.32. The molecule has 0 amide bonds. The van der Waals surface area contributed by atoms with E-state index in [4.69, 9.17) is 11.6 Å². The summed E-state index contributed by atoms with van der Waals surface area (Å²) in [7, 11) is 0. The molecule has 0 aliphatic heterocycles. The molecule has 1 fully saturated rings. The second kappa shape index (κ2) is 5.71. The number of halogens is 1. The Balaban J connectivity index is 1.90. The summed E-state index contributed by atoms with van der Waals surface area (Å²) in [5.41, 5.74) is 1.02. The molecule has 2 atom stereocenters. The maximum absolute atomic E-state index is 9.82. The van der Waals surface area contributed by atoms with Gasteiger partial charge in [0.2, 0.25) is 0 Å². The zero-order valence-corrected chi connectivity index (χ0v) is 10.5. The highest BCUT2D eigenvalue weighted by Gasteiger charge is 2.22. The minimum atomic E-state index is -0.240. The second-order valence-electron chi connectivity index (χ2n) is 4.62. The molecule has 17 heavy (non-hydrogen) atoms. The fraction of sp³-hybridized carbons (Fsp3) is 0.538. The number of aliphatic hydroxyl groups excluding tert-OH is 1. The molecule has 0 heterocycles. The number of hydrogen-bond acceptors (Lipinski definition) is 3. The molecular formula is C13H18ClNO2. The van der Waals surface area contributed by atoms with E-state index in [0.717, 1.165) is 24.8 Å². The van der Waals surface area contributed by atoms with E-state index in [-0.39, 0.29) is 17.9 Å². The van der Waals surface area contributed by atoms with E-state index >= 15 is 0 Å². The molecule has 4 heteroatoms. The number of aliphatic hydroxyl groups is 1. The highest BCUT2D eigenvalue weighted by molar-refractivity contribution is 6.32. The minimum Gasteiger partial charge on any atom is -0.506 e. The lowest BCUT2D eigenvalue weighted by molar-refractivity contribution is 0.0902. The summed E-state index contributed by atoms with van der Waals surface area (Å²) in [6.45, 7) is 0.668. The van der Waals surface area contributed by atoms with Crippen LogP contribution in [-0.4, -0.2) is 22.4 Å². The van der Waals surface area contributed by atoms with Crippen molar-refractivity contribution in [3.8, 4) is 5.75 Å². The van der Waals surface area contributed by atoms with Gasteiger partial charge in [-0.25, -0.2) is 0 Å². The average molecular weight is 256 g/mol. The summed E-state index contributed by atoms with van der Waals surface area (Å²) in [6.07, 6.45) is 3.95. The van der Waals surface area contributed by atoms with Crippen LogP contribution in [0.2, 0.25) is 5.02 Å². The summed E-state index contributed by atoms with van der Waals surface area (Å²) in [5, 5.41) is 22.8. The maximum Gasteiger partial charge on any atom is 0.134 e. The number of phenols is 1. The number of rotatable bonds is 3. The molecule has 94 valence electrons. The lowest BCUT2D eigenvalue weighted by Crippen LogP contribution is -2.41. The van der Waals surface area contributed by atoms with E-state index in [9.17, 15) is 10.2 Å². The summed E-state index contributed by atoms with van der Waals surface area (Å²) in [5.74, 6) is 0.105. The van der Waals surface area contributed by atoms with Crippen LogP contribution >= 0.6 is 11.6 Å². The Hall–Kier alpha value is -0.770. The van der Waals surface area contributed by atoms with Gasteiger partial charge in [0.05, 0.1) is 11.1 Å². The molecule has 1 aromatic rings. The smallest absolute Gasteiger partial charge is 0.134 e. The Morgan fingerprint density at radius 1 is 1.29 bits per heavy atom. The molecule has 1 aliphatic rings. The van der Waals surface area contributed by atoms with Gasteiger partial charge < -0.3 is 15.5 Å². The molecule has 0 bridgehead atoms. The Bertz CT molecular complexity index is 384. The molecular weight excluding hydrogens is 238 g/mol. The molecule has 2 rings (SSSR count). The van der Waals surface area contributed by atoms with Gasteiger partial charge in [0.15, 0.2) is 0 Å². The predicted molar refractivity (Wildman–Crippen MR) is 68.2 cm³/mol. The third-order valence-corrected chi connectivity index (χ3v) is 3.61. The first kappa shape index (κ1) is 12.7. The van der Waals surface area contributed by atoms with Gasteiger partial charge in [0.25, 0.3) is 0 Å². The van der Waals surface area contributed by atoms with Crippen molar-refractivity contribution in [1.29, 1.82) is 0 Å². The van der Waals surface area contributed by atoms with Gasteiger partial charge in [0.1, 0.15) is 5.75 Å². The number of phenolic OH excluding ortho intramolecular Hbond substituents is 1. The van der Waals surface area contributed by atoms with Gasteiger partial charge >= 0.3 is 0 Å². The molecule has 2 unspecified atom stereocenters. The van der Waals surface area contributed by atoms with Crippen LogP contribution in [-0.2, 0) is 6.54 Å². The Labute approximate surface area is 106 Å². The van der Waals surface area contributed by atoms with Crippen molar-refractivity contribution in [3.63, 3.8) is 0 Å². The fourth-order valence-corrected chi connectivity index (χ4v) is 2.46. The fourth-order valence-electron chi connectivity index (χ4n) is 2.26. The molecule has 1 aromatic carbocycles. The van der Waals surface area contributed by atoms with Gasteiger partial charge in [-0.1, -0.05) is 30.5 Å². The van der Waals surface area contributed by atoms with Gasteiger partial charge in [-0.05, 0) is 30.5 Å². The van der Waals surface area contributed by atoms with Crippen LogP contribution in [0, 0.1) is 0 Å². The lowest BCUT2D eigenvalue weighted by Gasteiger charge is -2.28. The Morgan fingerprint density at radius 3 is 2.76 bits per heavy atom. The van der Waals surface area contributed by atoms with E-state index in [2.05, 4.69) is 5.32 Å². The standard InChI is InChI=1S/C13H18ClNO2/c14-10-7-9(5-6-12(10)16)8-15-11-3-1-2-4-13(11)17/h5-7,11,13,15-17H,1-4,8H2. The zero-order chi connectivity index (χ0) is 12.3. The first-order valence-corrected chi connectivity index (χ1v) is 6.43. The van der Waals surface area contributed by atoms with E-state index in [1.165, 1.54) is 6.42 Å². The number of aromatic hydroxyl groups is 1. The van der Waals surface area contributed by atoms with Crippen LogP contribution in [0.25, 0.3) is 0 Å². The van der Waals surface area contributed by atoms with Gasteiger partial charge in [-0.15, -0.1) is 0 Å². The summed E-state index contributed by atoms with van der Waals surface area (Å²) in [6, 6.07) is 5.36. The third-order valence-electron chi connectivity index (χ3n) is 3.31. The molecule has 0 spiro atoms. The van der Waals surface area contributed by atoms with Crippen LogP contribution in [0.1, 0.15) is 31.2 Å². The maximum atomic E-state index is 9.82. The Kier molecular flexibility index (Phi) is 4.26. The zero-order valence-electron chi connectivity index (χ0n) is 9.69. The van der Waals surface area contributed by atoms with Crippen molar-refractivity contribution < 1.29 is 10.2 Å². The van der Waals surface area contributed by atoms with Crippen molar-refractivity contribution in [1.82, 2.24) is 5.32 Å². The Morgan fingerprint density at radius 2 is 2.06 bits per heavy atom. The monoisotopic (exact) mass is 255 g/mol. The molecule has 3 nitrogen and oxygen atoms in total. The van der Waals surface area contributed by atoms with E-state index in [1.54, 1.807) is 12.1 Å². The number of benzene rings is 1. The van der Waals surface area contributed by atoms with Crippen molar-refractivity contribution in [2.75, 3.05) is 0 Å². The normalized spacial score (nSPS) is 24.8.